The molecule has 2 nitrogen and oxygen atoms in total. The largest absolute Gasteiger partial charge is 0.355 e. The van der Waals surface area contributed by atoms with Crippen LogP contribution in [0.1, 0.15) is 31.7 Å². The van der Waals surface area contributed by atoms with Gasteiger partial charge in [0.15, 0.2) is 0 Å². The van der Waals surface area contributed by atoms with E-state index in [1.807, 2.05) is 0 Å². The fraction of sp³-hybridized carbons (Fsp3) is 0.615. The lowest BCUT2D eigenvalue weighted by Gasteiger charge is -2.33. The molecule has 0 aromatic carbocycles. The van der Waals surface area contributed by atoms with E-state index in [9.17, 15) is 4.39 Å². The number of nitrogens with zero attached hydrogens (tertiary/aromatic N) is 2. The fourth-order valence-corrected chi connectivity index (χ4v) is 2.68. The van der Waals surface area contributed by atoms with E-state index in [4.69, 9.17) is 11.6 Å². The number of halogens is 2. The molecule has 4 heteroatoms. The molecule has 2 heterocycles. The van der Waals surface area contributed by atoms with Gasteiger partial charge in [0.2, 0.25) is 0 Å². The molecule has 0 N–H and O–H groups in total. The highest BCUT2D eigenvalue weighted by molar-refractivity contribution is 6.33. The molecule has 1 unspecified atom stereocenters. The van der Waals surface area contributed by atoms with Crippen molar-refractivity contribution in [3.63, 3.8) is 0 Å². The van der Waals surface area contributed by atoms with Crippen molar-refractivity contribution >= 4 is 17.4 Å². The average Bonchev–Trinajstić information content (AvgIpc) is 2.38. The molecule has 1 aliphatic heterocycles. The van der Waals surface area contributed by atoms with Crippen LogP contribution in [-0.4, -0.2) is 18.1 Å². The Hall–Kier alpha value is -0.830. The molecule has 94 valence electrons. The fourth-order valence-electron chi connectivity index (χ4n) is 2.37. The van der Waals surface area contributed by atoms with Crippen molar-refractivity contribution in [3.05, 3.63) is 22.8 Å². The second-order valence-electron chi connectivity index (χ2n) is 4.65. The second kappa shape index (κ2) is 5.67. The zero-order valence-corrected chi connectivity index (χ0v) is 10.9. The first-order valence-corrected chi connectivity index (χ1v) is 6.57. The molecular formula is C13H18ClFN2. The summed E-state index contributed by atoms with van der Waals surface area (Å²) in [5.41, 5.74) is 0.544. The molecule has 0 bridgehead atoms. The molecule has 1 fully saturated rings. The third-order valence-electron chi connectivity index (χ3n) is 3.43. The number of anilines is 1. The predicted molar refractivity (Wildman–Crippen MR) is 69.3 cm³/mol. The molecule has 0 saturated carbocycles. The smallest absolute Gasteiger partial charge is 0.147 e. The van der Waals surface area contributed by atoms with Crippen molar-refractivity contribution in [1.29, 1.82) is 0 Å². The normalized spacial score (nSPS) is 20.6. The van der Waals surface area contributed by atoms with Crippen molar-refractivity contribution in [3.8, 4) is 0 Å². The summed E-state index contributed by atoms with van der Waals surface area (Å²) in [7, 11) is 0. The van der Waals surface area contributed by atoms with E-state index < -0.39 is 6.67 Å². The number of hydrogen-bond donors (Lipinski definition) is 0. The standard InChI is InChI=1S/C13H18ClFN2/c1-2-10-4-3-5-17(9-10)13-12(14)6-11(7-15)8-16-13/h6,8,10H,2-5,7,9H2,1H3. The lowest BCUT2D eigenvalue weighted by Crippen LogP contribution is -2.35. The van der Waals surface area contributed by atoms with Crippen LogP contribution in [0.4, 0.5) is 10.2 Å². The van der Waals surface area contributed by atoms with Gasteiger partial charge in [-0.15, -0.1) is 0 Å². The van der Waals surface area contributed by atoms with Gasteiger partial charge in [-0.25, -0.2) is 9.37 Å². The van der Waals surface area contributed by atoms with Gasteiger partial charge in [-0.1, -0.05) is 24.9 Å². The van der Waals surface area contributed by atoms with Crippen LogP contribution >= 0.6 is 11.6 Å². The van der Waals surface area contributed by atoms with Gasteiger partial charge in [-0.3, -0.25) is 0 Å². The summed E-state index contributed by atoms with van der Waals surface area (Å²) >= 11 is 6.16. The molecule has 2 rings (SSSR count). The van der Waals surface area contributed by atoms with Crippen LogP contribution in [0.3, 0.4) is 0 Å². The number of piperidine rings is 1. The van der Waals surface area contributed by atoms with Crippen LogP contribution in [0.2, 0.25) is 5.02 Å². The number of alkyl halides is 1. The maximum absolute atomic E-state index is 12.5. The van der Waals surface area contributed by atoms with E-state index in [0.717, 1.165) is 24.8 Å². The molecular weight excluding hydrogens is 239 g/mol. The third-order valence-corrected chi connectivity index (χ3v) is 3.71. The monoisotopic (exact) mass is 256 g/mol. The lowest BCUT2D eigenvalue weighted by atomic mass is 9.96. The van der Waals surface area contributed by atoms with Gasteiger partial charge in [0.1, 0.15) is 12.5 Å². The Morgan fingerprint density at radius 3 is 3.06 bits per heavy atom. The Morgan fingerprint density at radius 2 is 2.41 bits per heavy atom. The van der Waals surface area contributed by atoms with E-state index in [1.54, 1.807) is 12.3 Å². The summed E-state index contributed by atoms with van der Waals surface area (Å²) in [4.78, 5) is 6.52. The number of pyridine rings is 1. The van der Waals surface area contributed by atoms with Crippen LogP contribution in [-0.2, 0) is 6.67 Å². The molecule has 1 aliphatic rings. The van der Waals surface area contributed by atoms with Crippen LogP contribution in [0.15, 0.2) is 12.3 Å². The van der Waals surface area contributed by atoms with E-state index in [-0.39, 0.29) is 0 Å². The minimum atomic E-state index is -0.509. The summed E-state index contributed by atoms with van der Waals surface area (Å²) in [5, 5.41) is 0.567. The molecule has 1 saturated heterocycles. The predicted octanol–water partition coefficient (Wildman–Crippen LogP) is 3.83. The maximum Gasteiger partial charge on any atom is 0.147 e. The SMILES string of the molecule is CCC1CCCN(c2ncc(CF)cc2Cl)C1. The van der Waals surface area contributed by atoms with Crippen molar-refractivity contribution < 1.29 is 4.39 Å². The summed E-state index contributed by atoms with van der Waals surface area (Å²) in [6, 6.07) is 1.68. The van der Waals surface area contributed by atoms with Crippen LogP contribution in [0.5, 0.6) is 0 Å². The average molecular weight is 257 g/mol. The molecule has 1 aromatic rings. The molecule has 0 aliphatic carbocycles. The van der Waals surface area contributed by atoms with Gasteiger partial charge >= 0.3 is 0 Å². The van der Waals surface area contributed by atoms with Crippen molar-refractivity contribution in [2.75, 3.05) is 18.0 Å². The first-order valence-electron chi connectivity index (χ1n) is 6.20. The molecule has 0 radical (unpaired) electrons. The highest BCUT2D eigenvalue weighted by Crippen LogP contribution is 2.29. The number of aromatic nitrogens is 1. The Morgan fingerprint density at radius 1 is 1.59 bits per heavy atom. The Bertz CT molecular complexity index is 384. The van der Waals surface area contributed by atoms with Crippen LogP contribution in [0, 0.1) is 5.92 Å². The topological polar surface area (TPSA) is 16.1 Å². The van der Waals surface area contributed by atoms with E-state index in [0.29, 0.717) is 10.6 Å². The third kappa shape index (κ3) is 2.89. The summed E-state index contributed by atoms with van der Waals surface area (Å²) in [6.07, 6.45) is 5.24. The molecule has 1 aromatic heterocycles. The van der Waals surface area contributed by atoms with Crippen molar-refractivity contribution in [2.24, 2.45) is 5.92 Å². The summed E-state index contributed by atoms with van der Waals surface area (Å²) in [5.74, 6) is 1.53. The minimum Gasteiger partial charge on any atom is -0.355 e. The molecule has 0 amide bonds. The zero-order chi connectivity index (χ0) is 12.3. The van der Waals surface area contributed by atoms with Gasteiger partial charge in [-0.05, 0) is 24.8 Å². The minimum absolute atomic E-state index is 0.509. The van der Waals surface area contributed by atoms with E-state index >= 15 is 0 Å². The molecule has 1 atom stereocenters. The Kier molecular flexibility index (Phi) is 4.21. The number of rotatable bonds is 3. The highest BCUT2D eigenvalue weighted by Gasteiger charge is 2.21. The van der Waals surface area contributed by atoms with Gasteiger partial charge in [0, 0.05) is 24.8 Å². The Balaban J connectivity index is 2.16. The lowest BCUT2D eigenvalue weighted by molar-refractivity contribution is 0.403. The van der Waals surface area contributed by atoms with E-state index in [1.165, 1.54) is 19.3 Å². The Labute approximate surface area is 107 Å². The second-order valence-corrected chi connectivity index (χ2v) is 5.05. The van der Waals surface area contributed by atoms with Gasteiger partial charge in [0.25, 0.3) is 0 Å². The summed E-state index contributed by atoms with van der Waals surface area (Å²) < 4.78 is 12.5. The summed E-state index contributed by atoms with van der Waals surface area (Å²) in [6.45, 7) is 3.72. The quantitative estimate of drug-likeness (QED) is 0.817. The van der Waals surface area contributed by atoms with Gasteiger partial charge < -0.3 is 4.90 Å². The van der Waals surface area contributed by atoms with Crippen molar-refractivity contribution in [2.45, 2.75) is 32.9 Å². The first-order chi connectivity index (χ1) is 8.24. The van der Waals surface area contributed by atoms with Gasteiger partial charge in [-0.2, -0.15) is 0 Å². The highest BCUT2D eigenvalue weighted by atomic mass is 35.5. The number of hydrogen-bond acceptors (Lipinski definition) is 2. The first kappa shape index (κ1) is 12.6. The van der Waals surface area contributed by atoms with E-state index in [2.05, 4.69) is 16.8 Å². The zero-order valence-electron chi connectivity index (χ0n) is 10.1. The van der Waals surface area contributed by atoms with Gasteiger partial charge in [0.05, 0.1) is 5.02 Å². The molecule has 0 spiro atoms. The van der Waals surface area contributed by atoms with Crippen LogP contribution < -0.4 is 4.90 Å². The van der Waals surface area contributed by atoms with Crippen molar-refractivity contribution in [1.82, 2.24) is 4.98 Å². The molecule has 17 heavy (non-hydrogen) atoms. The van der Waals surface area contributed by atoms with Crippen LogP contribution in [0.25, 0.3) is 0 Å². The maximum atomic E-state index is 12.5.